The van der Waals surface area contributed by atoms with Crippen LogP contribution in [-0.4, -0.2) is 29.6 Å². The third kappa shape index (κ3) is 4.80. The SMILES string of the molecule is O=C(COc1ccc2ccccc2c1)NC1CCC(Oc2ccccn2)CC1. The molecule has 1 heterocycles. The number of aromatic nitrogens is 1. The van der Waals surface area contributed by atoms with Gasteiger partial charge in [-0.25, -0.2) is 4.98 Å². The van der Waals surface area contributed by atoms with E-state index in [1.807, 2.05) is 54.6 Å². The average molecular weight is 376 g/mol. The highest BCUT2D eigenvalue weighted by molar-refractivity contribution is 5.84. The highest BCUT2D eigenvalue weighted by Gasteiger charge is 2.24. The molecule has 1 fully saturated rings. The van der Waals surface area contributed by atoms with Crippen LogP contribution in [0.15, 0.2) is 66.9 Å². The van der Waals surface area contributed by atoms with Crippen LogP contribution in [0.1, 0.15) is 25.7 Å². The zero-order valence-electron chi connectivity index (χ0n) is 15.7. The number of hydrogen-bond donors (Lipinski definition) is 1. The number of fused-ring (bicyclic) bond motifs is 1. The van der Waals surface area contributed by atoms with Crippen molar-refractivity contribution >= 4 is 16.7 Å². The third-order valence-corrected chi connectivity index (χ3v) is 5.06. The predicted octanol–water partition coefficient (Wildman–Crippen LogP) is 4.12. The largest absolute Gasteiger partial charge is 0.484 e. The zero-order chi connectivity index (χ0) is 19.2. The molecule has 0 aliphatic heterocycles. The Hall–Kier alpha value is -3.08. The summed E-state index contributed by atoms with van der Waals surface area (Å²) in [7, 11) is 0. The average Bonchev–Trinajstić information content (AvgIpc) is 2.74. The molecule has 1 saturated carbocycles. The monoisotopic (exact) mass is 376 g/mol. The summed E-state index contributed by atoms with van der Waals surface area (Å²) < 4.78 is 11.6. The van der Waals surface area contributed by atoms with Gasteiger partial charge in [-0.1, -0.05) is 36.4 Å². The molecule has 0 atom stereocenters. The summed E-state index contributed by atoms with van der Waals surface area (Å²) in [6.07, 6.45) is 5.52. The second-order valence-electron chi connectivity index (χ2n) is 7.12. The fourth-order valence-electron chi connectivity index (χ4n) is 3.59. The first-order valence-electron chi connectivity index (χ1n) is 9.75. The van der Waals surface area contributed by atoms with Gasteiger partial charge in [0.2, 0.25) is 5.88 Å². The molecular formula is C23H24N2O3. The Labute approximate surface area is 164 Å². The van der Waals surface area contributed by atoms with Crippen LogP contribution >= 0.6 is 0 Å². The molecule has 144 valence electrons. The van der Waals surface area contributed by atoms with E-state index in [9.17, 15) is 4.79 Å². The zero-order valence-corrected chi connectivity index (χ0v) is 15.7. The molecule has 0 bridgehead atoms. The van der Waals surface area contributed by atoms with Gasteiger partial charge in [-0.05, 0) is 54.7 Å². The van der Waals surface area contributed by atoms with Gasteiger partial charge in [0.25, 0.3) is 5.91 Å². The lowest BCUT2D eigenvalue weighted by Crippen LogP contribution is -2.41. The molecule has 3 aromatic rings. The first-order chi connectivity index (χ1) is 13.8. The van der Waals surface area contributed by atoms with Crippen LogP contribution in [0.2, 0.25) is 0 Å². The van der Waals surface area contributed by atoms with E-state index in [2.05, 4.69) is 16.4 Å². The summed E-state index contributed by atoms with van der Waals surface area (Å²) in [6, 6.07) is 19.8. The van der Waals surface area contributed by atoms with Crippen LogP contribution < -0.4 is 14.8 Å². The van der Waals surface area contributed by atoms with E-state index in [1.165, 1.54) is 0 Å². The molecule has 0 spiro atoms. The van der Waals surface area contributed by atoms with E-state index < -0.39 is 0 Å². The summed E-state index contributed by atoms with van der Waals surface area (Å²) in [4.78, 5) is 16.4. The molecule has 2 aromatic carbocycles. The van der Waals surface area contributed by atoms with Crippen molar-refractivity contribution in [3.63, 3.8) is 0 Å². The Morgan fingerprint density at radius 3 is 2.54 bits per heavy atom. The number of hydrogen-bond acceptors (Lipinski definition) is 4. The Morgan fingerprint density at radius 2 is 1.75 bits per heavy atom. The van der Waals surface area contributed by atoms with Crippen LogP contribution in [0.3, 0.4) is 0 Å². The number of carbonyl (C=O) groups is 1. The van der Waals surface area contributed by atoms with Crippen LogP contribution in [0.25, 0.3) is 10.8 Å². The van der Waals surface area contributed by atoms with Crippen molar-refractivity contribution in [2.45, 2.75) is 37.8 Å². The number of carbonyl (C=O) groups excluding carboxylic acids is 1. The minimum Gasteiger partial charge on any atom is -0.484 e. The molecule has 0 unspecified atom stereocenters. The van der Waals surface area contributed by atoms with Gasteiger partial charge in [-0.2, -0.15) is 0 Å². The molecule has 1 aliphatic carbocycles. The van der Waals surface area contributed by atoms with E-state index in [-0.39, 0.29) is 24.7 Å². The van der Waals surface area contributed by atoms with Gasteiger partial charge in [0, 0.05) is 18.3 Å². The Morgan fingerprint density at radius 1 is 0.964 bits per heavy atom. The molecule has 1 amide bonds. The number of amides is 1. The number of benzene rings is 2. The van der Waals surface area contributed by atoms with Gasteiger partial charge in [-0.3, -0.25) is 4.79 Å². The van der Waals surface area contributed by atoms with Gasteiger partial charge in [-0.15, -0.1) is 0 Å². The minimum atomic E-state index is -0.0812. The molecule has 28 heavy (non-hydrogen) atoms. The smallest absolute Gasteiger partial charge is 0.258 e. The second-order valence-corrected chi connectivity index (χ2v) is 7.12. The van der Waals surface area contributed by atoms with Gasteiger partial charge in [0.15, 0.2) is 6.61 Å². The summed E-state index contributed by atoms with van der Waals surface area (Å²) in [6.45, 7) is 0.0305. The molecule has 0 radical (unpaired) electrons. The highest BCUT2D eigenvalue weighted by Crippen LogP contribution is 2.23. The number of pyridine rings is 1. The van der Waals surface area contributed by atoms with Crippen molar-refractivity contribution in [1.29, 1.82) is 0 Å². The standard InChI is InChI=1S/C23H24N2O3/c26-22(16-27-21-11-8-17-5-1-2-6-18(17)15-21)25-19-9-12-20(13-10-19)28-23-7-3-4-14-24-23/h1-8,11,14-15,19-20H,9-10,12-13,16H2,(H,25,26). The van der Waals surface area contributed by atoms with E-state index >= 15 is 0 Å². The van der Waals surface area contributed by atoms with E-state index in [1.54, 1.807) is 6.20 Å². The van der Waals surface area contributed by atoms with Gasteiger partial charge in [0.1, 0.15) is 11.9 Å². The Balaban J connectivity index is 1.21. The first kappa shape index (κ1) is 18.3. The van der Waals surface area contributed by atoms with Gasteiger partial charge in [0.05, 0.1) is 0 Å². The second kappa shape index (κ2) is 8.74. The van der Waals surface area contributed by atoms with Crippen molar-refractivity contribution in [3.8, 4) is 11.6 Å². The predicted molar refractivity (Wildman–Crippen MR) is 108 cm³/mol. The van der Waals surface area contributed by atoms with E-state index in [0.717, 1.165) is 36.5 Å². The minimum absolute atomic E-state index is 0.0305. The fraction of sp³-hybridized carbons (Fsp3) is 0.304. The van der Waals surface area contributed by atoms with Crippen LogP contribution in [0, 0.1) is 0 Å². The molecule has 5 heteroatoms. The van der Waals surface area contributed by atoms with E-state index in [4.69, 9.17) is 9.47 Å². The molecule has 1 aliphatic rings. The molecule has 5 nitrogen and oxygen atoms in total. The summed E-state index contributed by atoms with van der Waals surface area (Å²) >= 11 is 0. The van der Waals surface area contributed by atoms with Crippen molar-refractivity contribution in [2.24, 2.45) is 0 Å². The summed E-state index contributed by atoms with van der Waals surface area (Å²) in [5, 5.41) is 5.34. The summed E-state index contributed by atoms with van der Waals surface area (Å²) in [5.74, 6) is 1.29. The van der Waals surface area contributed by atoms with Gasteiger partial charge < -0.3 is 14.8 Å². The topological polar surface area (TPSA) is 60.5 Å². The summed E-state index contributed by atoms with van der Waals surface area (Å²) in [5.41, 5.74) is 0. The highest BCUT2D eigenvalue weighted by atomic mass is 16.5. The van der Waals surface area contributed by atoms with Crippen molar-refractivity contribution in [3.05, 3.63) is 66.9 Å². The van der Waals surface area contributed by atoms with Crippen LogP contribution in [0.4, 0.5) is 0 Å². The number of ether oxygens (including phenoxy) is 2. The molecule has 1 aromatic heterocycles. The maximum absolute atomic E-state index is 12.2. The van der Waals surface area contributed by atoms with Crippen molar-refractivity contribution < 1.29 is 14.3 Å². The fourth-order valence-corrected chi connectivity index (χ4v) is 3.59. The maximum Gasteiger partial charge on any atom is 0.258 e. The number of rotatable bonds is 6. The van der Waals surface area contributed by atoms with Crippen molar-refractivity contribution in [1.82, 2.24) is 10.3 Å². The normalized spacial score (nSPS) is 19.1. The molecule has 0 saturated heterocycles. The number of nitrogens with zero attached hydrogens (tertiary/aromatic N) is 1. The van der Waals surface area contributed by atoms with Crippen LogP contribution in [-0.2, 0) is 4.79 Å². The first-order valence-corrected chi connectivity index (χ1v) is 9.75. The lowest BCUT2D eigenvalue weighted by molar-refractivity contribution is -0.124. The molecular weight excluding hydrogens is 352 g/mol. The lowest BCUT2D eigenvalue weighted by atomic mass is 9.93. The van der Waals surface area contributed by atoms with Gasteiger partial charge >= 0.3 is 0 Å². The number of nitrogens with one attached hydrogen (secondary N) is 1. The van der Waals surface area contributed by atoms with Crippen LogP contribution in [0.5, 0.6) is 11.6 Å². The Bertz CT molecular complexity index is 921. The van der Waals surface area contributed by atoms with Crippen molar-refractivity contribution in [2.75, 3.05) is 6.61 Å². The van der Waals surface area contributed by atoms with E-state index in [0.29, 0.717) is 11.6 Å². The Kier molecular flexibility index (Phi) is 5.71. The third-order valence-electron chi connectivity index (χ3n) is 5.06. The maximum atomic E-state index is 12.2. The molecule has 1 N–H and O–H groups in total. The quantitative estimate of drug-likeness (QED) is 0.703. The molecule has 4 rings (SSSR count). The lowest BCUT2D eigenvalue weighted by Gasteiger charge is -2.29.